The van der Waals surface area contributed by atoms with E-state index in [0.717, 1.165) is 19.4 Å². The van der Waals surface area contributed by atoms with Crippen molar-refractivity contribution in [1.29, 1.82) is 0 Å². The Morgan fingerprint density at radius 3 is 2.42 bits per heavy atom. The molecule has 16 nitrogen and oxygen atoms in total. The van der Waals surface area contributed by atoms with Gasteiger partial charge in [-0.3, -0.25) is 19.2 Å². The van der Waals surface area contributed by atoms with E-state index in [4.69, 9.17) is 33.1 Å². The van der Waals surface area contributed by atoms with E-state index in [0.29, 0.717) is 30.3 Å². The number of nitrogens with zero attached hydrogens (tertiary/aromatic N) is 1. The number of rotatable bonds is 10. The molecular formula is C51H65N3O13. The summed E-state index contributed by atoms with van der Waals surface area (Å²) in [5.41, 5.74) is -0.548. The molecule has 4 aliphatic rings. The van der Waals surface area contributed by atoms with Gasteiger partial charge in [0.1, 0.15) is 46.9 Å². The Morgan fingerprint density at radius 2 is 1.73 bits per heavy atom. The number of amides is 1. The highest BCUT2D eigenvalue weighted by atomic mass is 16.7. The number of allylic oxidation sites excluding steroid dienone is 2. The van der Waals surface area contributed by atoms with Gasteiger partial charge < -0.3 is 54.1 Å². The highest BCUT2D eigenvalue weighted by Gasteiger charge is 2.50. The Balaban J connectivity index is 1.51. The number of aromatic nitrogens is 1. The summed E-state index contributed by atoms with van der Waals surface area (Å²) < 4.78 is 36.4. The van der Waals surface area contributed by atoms with E-state index in [-0.39, 0.29) is 55.9 Å². The van der Waals surface area contributed by atoms with Crippen molar-refractivity contribution in [1.82, 2.24) is 10.3 Å². The fourth-order valence-electron chi connectivity index (χ4n) is 8.87. The molecule has 0 saturated carbocycles. The van der Waals surface area contributed by atoms with Gasteiger partial charge in [-0.25, -0.2) is 4.98 Å². The van der Waals surface area contributed by atoms with Crippen molar-refractivity contribution < 1.29 is 57.8 Å². The van der Waals surface area contributed by atoms with E-state index >= 15 is 0 Å². The molecule has 2 aromatic rings. The number of ether oxygens (including phenoxy) is 5. The predicted molar refractivity (Wildman–Crippen MR) is 253 cm³/mol. The standard InChI is InChI=1S/C51H65N3O13/c1-25(2)14-13-20-52-21-23-63-33-17-18-34-36(24-33)66-48-40(53-34)37-38-44(58)31(8)47-39(37)49(60)51(10,67-47)64-22-19-35(62-11)28(5)46(65-32(9)55)30(7)43(57)29(6)42(56)26(3)15-12-16-27(4)50(61)54-41(48)45(38)59/h12,15-19,22,24-26,28-30,35,42-43,46,52,56-58H,13-14,20-21,23H2,1-11H3,(H,54,61)/b15-12+,22-19+,27-16-/t26-,28+,29+,30+,35-,42-,43+,46+,51-/m0/s1. The Labute approximate surface area is 390 Å². The largest absolute Gasteiger partial charge is 0.507 e. The van der Waals surface area contributed by atoms with Crippen LogP contribution in [0.2, 0.25) is 0 Å². The van der Waals surface area contributed by atoms with Crippen molar-refractivity contribution in [2.75, 3.05) is 32.1 Å². The average Bonchev–Trinajstić information content (AvgIpc) is 3.55. The number of aliphatic hydroxyl groups is 2. The molecular weight excluding hydrogens is 863 g/mol. The molecule has 0 saturated heterocycles. The number of carbonyl (C=O) groups is 3. The van der Waals surface area contributed by atoms with Gasteiger partial charge in [0.25, 0.3) is 11.7 Å². The smallest absolute Gasteiger partial charge is 0.312 e. The summed E-state index contributed by atoms with van der Waals surface area (Å²) in [4.78, 5) is 60.8. The van der Waals surface area contributed by atoms with Gasteiger partial charge in [0.05, 0.1) is 35.5 Å². The van der Waals surface area contributed by atoms with Crippen LogP contribution in [-0.4, -0.2) is 95.0 Å². The van der Waals surface area contributed by atoms with Crippen LogP contribution in [0.3, 0.4) is 0 Å². The van der Waals surface area contributed by atoms with Gasteiger partial charge >= 0.3 is 11.8 Å². The summed E-state index contributed by atoms with van der Waals surface area (Å²) >= 11 is 0. The lowest BCUT2D eigenvalue weighted by atomic mass is 9.78. The number of ketones is 1. The minimum atomic E-state index is -2.04. The van der Waals surface area contributed by atoms with Crippen LogP contribution in [0.5, 0.6) is 17.2 Å². The first-order chi connectivity index (χ1) is 31.7. The van der Waals surface area contributed by atoms with Crippen LogP contribution >= 0.6 is 0 Å². The SMILES string of the molecule is CO[C@H]1/C=C/O[C@@]2(C)Oc3c(C)c(O)c4c(=O)c(c5oc6cc(OCCNCCCC(C)C)ccc6nc-5c4c3C2=O)NC(=O)/C(C)=C\C=C\[C@H](C)[C@H](O)[C@@H](C)[C@@H](O)[C@@H](C)[C@H](OC(C)=O)[C@@H]1C. The summed E-state index contributed by atoms with van der Waals surface area (Å²) in [6, 6.07) is 5.01. The normalized spacial score (nSPS) is 28.0. The molecule has 16 heteroatoms. The van der Waals surface area contributed by atoms with Gasteiger partial charge in [-0.15, -0.1) is 0 Å². The van der Waals surface area contributed by atoms with Crippen LogP contribution in [0.4, 0.5) is 5.69 Å². The number of anilines is 1. The van der Waals surface area contributed by atoms with Crippen LogP contribution in [-0.2, 0) is 23.8 Å². The molecule has 1 amide bonds. The number of phenolic OH excluding ortho intramolecular Hbond substituents is 1. The third-order valence-electron chi connectivity index (χ3n) is 13.0. The molecule has 362 valence electrons. The van der Waals surface area contributed by atoms with E-state index < -0.39 is 82.7 Å². The number of Topliss-reactive ketones (excluding diaryl/α,β-unsaturated/α-hetero) is 1. The van der Waals surface area contributed by atoms with E-state index in [2.05, 4.69) is 24.5 Å². The summed E-state index contributed by atoms with van der Waals surface area (Å²) in [5.74, 6) is -6.17. The van der Waals surface area contributed by atoms with Crippen molar-refractivity contribution in [2.45, 2.75) is 112 Å². The highest BCUT2D eigenvalue weighted by Crippen LogP contribution is 2.50. The zero-order valence-electron chi connectivity index (χ0n) is 40.2. The molecule has 2 aromatic carbocycles. The number of hydrogen-bond acceptors (Lipinski definition) is 15. The molecule has 3 aliphatic heterocycles. The predicted octanol–water partition coefficient (Wildman–Crippen LogP) is 7.35. The number of fused-ring (bicyclic) bond motifs is 2. The van der Waals surface area contributed by atoms with E-state index in [1.807, 2.05) is 0 Å². The fraction of sp³-hybridized carbons (Fsp3) is 0.510. The third-order valence-corrected chi connectivity index (χ3v) is 13.0. The molecule has 0 radical (unpaired) electrons. The van der Waals surface area contributed by atoms with Crippen molar-refractivity contribution in [3.8, 4) is 28.7 Å². The topological polar surface area (TPSA) is 225 Å². The van der Waals surface area contributed by atoms with Crippen molar-refractivity contribution in [3.05, 3.63) is 75.7 Å². The zero-order valence-corrected chi connectivity index (χ0v) is 40.2. The number of aromatic hydroxyl groups is 1. The summed E-state index contributed by atoms with van der Waals surface area (Å²) in [7, 11) is 1.45. The quantitative estimate of drug-likeness (QED) is 0.0454. The van der Waals surface area contributed by atoms with Crippen LogP contribution in [0.1, 0.15) is 91.1 Å². The van der Waals surface area contributed by atoms with Gasteiger partial charge in [-0.2, -0.15) is 0 Å². The second kappa shape index (κ2) is 21.0. The maximum atomic E-state index is 14.8. The van der Waals surface area contributed by atoms with Crippen molar-refractivity contribution in [2.24, 2.45) is 29.6 Å². The number of carbonyl (C=O) groups excluding carboxylic acids is 3. The van der Waals surface area contributed by atoms with Gasteiger partial charge in [0.15, 0.2) is 11.3 Å². The lowest BCUT2D eigenvalue weighted by molar-refractivity contribution is -0.160. The first kappa shape index (κ1) is 50.6. The summed E-state index contributed by atoms with van der Waals surface area (Å²) in [6.45, 7) is 18.8. The second-order valence-corrected chi connectivity index (χ2v) is 18.5. The Bertz CT molecular complexity index is 2620. The first-order valence-electron chi connectivity index (χ1n) is 22.9. The van der Waals surface area contributed by atoms with Gasteiger partial charge in [0, 0.05) is 73.8 Å². The summed E-state index contributed by atoms with van der Waals surface area (Å²) in [5, 5.41) is 40.5. The summed E-state index contributed by atoms with van der Waals surface area (Å²) in [6.07, 6.45) is 5.77. The Kier molecular flexibility index (Phi) is 15.9. The van der Waals surface area contributed by atoms with Gasteiger partial charge in [0.2, 0.25) is 5.43 Å². The third kappa shape index (κ3) is 10.5. The van der Waals surface area contributed by atoms with E-state index in [9.17, 15) is 34.5 Å². The van der Waals surface area contributed by atoms with Crippen LogP contribution in [0.15, 0.2) is 63.6 Å². The monoisotopic (exact) mass is 927 g/mol. The molecule has 1 aliphatic carbocycles. The van der Waals surface area contributed by atoms with Gasteiger partial charge in [-0.05, 0) is 57.4 Å². The molecule has 0 fully saturated rings. The second-order valence-electron chi connectivity index (χ2n) is 18.5. The minimum absolute atomic E-state index is 0.0195. The number of nitrogens with one attached hydrogen (secondary N) is 2. The number of phenols is 1. The minimum Gasteiger partial charge on any atom is -0.507 e. The molecule has 9 atom stereocenters. The molecule has 0 unspecified atom stereocenters. The lowest BCUT2D eigenvalue weighted by Gasteiger charge is -2.38. The maximum absolute atomic E-state index is 14.8. The Morgan fingerprint density at radius 1 is 1.00 bits per heavy atom. The number of aliphatic hydroxyl groups excluding tert-OH is 2. The molecule has 67 heavy (non-hydrogen) atoms. The van der Waals surface area contributed by atoms with Crippen molar-refractivity contribution in [3.63, 3.8) is 0 Å². The van der Waals surface area contributed by atoms with Gasteiger partial charge in [-0.1, -0.05) is 59.8 Å². The zero-order chi connectivity index (χ0) is 49.1. The fourth-order valence-corrected chi connectivity index (χ4v) is 8.87. The molecule has 3 heterocycles. The average molecular weight is 928 g/mol. The molecule has 0 aromatic heterocycles. The number of benzene rings is 3. The molecule has 0 spiro atoms. The van der Waals surface area contributed by atoms with Crippen LogP contribution < -0.4 is 25.5 Å². The van der Waals surface area contributed by atoms with Crippen LogP contribution in [0, 0.1) is 36.5 Å². The van der Waals surface area contributed by atoms with Crippen LogP contribution in [0.25, 0.3) is 33.3 Å². The molecule has 5 N–H and O–H groups in total. The number of methoxy groups -OCH3 is 1. The maximum Gasteiger partial charge on any atom is 0.312 e. The molecule has 4 bridgehead atoms. The molecule has 6 rings (SSSR count). The highest BCUT2D eigenvalue weighted by molar-refractivity contribution is 6.22. The Hall–Kier alpha value is -5.81. The van der Waals surface area contributed by atoms with E-state index in [1.165, 1.54) is 53.2 Å². The van der Waals surface area contributed by atoms with E-state index in [1.54, 1.807) is 58.0 Å². The number of hydrogen-bond donors (Lipinski definition) is 5. The lowest BCUT2D eigenvalue weighted by Crippen LogP contribution is -2.46. The van der Waals surface area contributed by atoms with Crippen molar-refractivity contribution >= 4 is 45.2 Å². The number of esters is 1. The first-order valence-corrected chi connectivity index (χ1v) is 22.9.